The minimum Gasteiger partial charge on any atom is -0.505 e. The van der Waals surface area contributed by atoms with Gasteiger partial charge in [-0.1, -0.05) is 18.2 Å². The Morgan fingerprint density at radius 1 is 1.17 bits per heavy atom. The van der Waals surface area contributed by atoms with Crippen molar-refractivity contribution in [2.75, 3.05) is 33.8 Å². The molecule has 0 bridgehead atoms. The molecule has 2 aromatic heterocycles. The molecule has 1 aromatic carbocycles. The maximum absolute atomic E-state index is 13.3. The van der Waals surface area contributed by atoms with Gasteiger partial charge in [0.2, 0.25) is 0 Å². The van der Waals surface area contributed by atoms with Crippen molar-refractivity contribution in [3.05, 3.63) is 70.7 Å². The lowest BCUT2D eigenvalue weighted by molar-refractivity contribution is -0.139. The molecular formula is C27H32N4O4. The monoisotopic (exact) mass is 476 g/mol. The summed E-state index contributed by atoms with van der Waals surface area (Å²) in [7, 11) is 3.93. The van der Waals surface area contributed by atoms with Gasteiger partial charge in [-0.05, 0) is 77.2 Å². The molecule has 8 nitrogen and oxygen atoms in total. The third kappa shape index (κ3) is 4.53. The van der Waals surface area contributed by atoms with Gasteiger partial charge in [0.05, 0.1) is 23.9 Å². The highest BCUT2D eigenvalue weighted by Crippen LogP contribution is 2.40. The summed E-state index contributed by atoms with van der Waals surface area (Å²) < 4.78 is 7.55. The maximum Gasteiger partial charge on any atom is 0.295 e. The molecule has 35 heavy (non-hydrogen) atoms. The van der Waals surface area contributed by atoms with Crippen LogP contribution in [0.15, 0.2) is 48.2 Å². The average Bonchev–Trinajstić information content (AvgIpc) is 3.29. The minimum atomic E-state index is -0.733. The lowest BCUT2D eigenvalue weighted by Crippen LogP contribution is -2.32. The number of likely N-dealkylation sites (tertiary alicyclic amines) is 1. The number of fused-ring (bicyclic) bond motifs is 1. The van der Waals surface area contributed by atoms with E-state index in [0.29, 0.717) is 47.9 Å². The molecule has 1 N–H and O–H groups in total. The van der Waals surface area contributed by atoms with Crippen molar-refractivity contribution >= 4 is 23.1 Å². The summed E-state index contributed by atoms with van der Waals surface area (Å²) in [5.41, 5.74) is 3.40. The van der Waals surface area contributed by atoms with Crippen molar-refractivity contribution in [2.24, 2.45) is 0 Å². The Labute approximate surface area is 205 Å². The highest BCUT2D eigenvalue weighted by Gasteiger charge is 2.46. The fraction of sp³-hybridized carbons (Fsp3) is 0.370. The Hall–Kier alpha value is -3.65. The molecule has 8 heteroatoms. The van der Waals surface area contributed by atoms with Gasteiger partial charge in [0.1, 0.15) is 17.1 Å². The molecule has 0 spiro atoms. The Kier molecular flexibility index (Phi) is 6.93. The number of amides is 1. The first-order chi connectivity index (χ1) is 16.7. The number of carbonyl (C=O) groups excluding carboxylic acids is 2. The first kappa shape index (κ1) is 24.5. The largest absolute Gasteiger partial charge is 0.505 e. The zero-order chi connectivity index (χ0) is 25.3. The smallest absolute Gasteiger partial charge is 0.295 e. The van der Waals surface area contributed by atoms with Crippen LogP contribution in [0.3, 0.4) is 0 Å². The number of carbonyl (C=O) groups is 2. The number of aromatic nitrogens is 2. The van der Waals surface area contributed by atoms with Crippen LogP contribution in [0.5, 0.6) is 5.75 Å². The summed E-state index contributed by atoms with van der Waals surface area (Å²) in [6.45, 7) is 7.31. The molecule has 1 fully saturated rings. The fourth-order valence-electron chi connectivity index (χ4n) is 4.63. The quantitative estimate of drug-likeness (QED) is 0.303. The summed E-state index contributed by atoms with van der Waals surface area (Å²) in [6, 6.07) is 10.5. The number of aliphatic hydroxyl groups excluding tert-OH is 1. The second-order valence-corrected chi connectivity index (χ2v) is 9.09. The van der Waals surface area contributed by atoms with E-state index < -0.39 is 17.7 Å². The van der Waals surface area contributed by atoms with Crippen LogP contribution in [-0.2, 0) is 9.59 Å². The average molecular weight is 477 g/mol. The first-order valence-electron chi connectivity index (χ1n) is 11.8. The van der Waals surface area contributed by atoms with E-state index in [1.807, 2.05) is 86.8 Å². The molecule has 1 aliphatic rings. The molecular weight excluding hydrogens is 444 g/mol. The second-order valence-electron chi connectivity index (χ2n) is 9.09. The van der Waals surface area contributed by atoms with Crippen LogP contribution in [0.2, 0.25) is 0 Å². The number of benzene rings is 1. The molecule has 1 unspecified atom stereocenters. The van der Waals surface area contributed by atoms with Crippen LogP contribution >= 0.6 is 0 Å². The number of ether oxygens (including phenoxy) is 1. The molecule has 3 heterocycles. The molecule has 4 rings (SSSR count). The predicted molar refractivity (Wildman–Crippen MR) is 134 cm³/mol. The molecule has 0 aliphatic carbocycles. The van der Waals surface area contributed by atoms with Crippen molar-refractivity contribution in [3.63, 3.8) is 0 Å². The second kappa shape index (κ2) is 9.92. The van der Waals surface area contributed by atoms with Gasteiger partial charge >= 0.3 is 0 Å². The highest BCUT2D eigenvalue weighted by molar-refractivity contribution is 6.46. The topological polar surface area (TPSA) is 87.4 Å². The number of pyridine rings is 1. The number of rotatable bonds is 8. The Balaban J connectivity index is 1.87. The van der Waals surface area contributed by atoms with Gasteiger partial charge in [-0.3, -0.25) is 9.59 Å². The number of hydrogen-bond donors (Lipinski definition) is 1. The van der Waals surface area contributed by atoms with Crippen LogP contribution in [-0.4, -0.2) is 69.8 Å². The van der Waals surface area contributed by atoms with Crippen molar-refractivity contribution in [1.29, 1.82) is 0 Å². The van der Waals surface area contributed by atoms with E-state index in [2.05, 4.69) is 4.98 Å². The summed E-state index contributed by atoms with van der Waals surface area (Å²) in [6.07, 6.45) is 2.55. The molecule has 3 aromatic rings. The SMILES string of the molecule is CCOc1cccc(C2C(=C(O)c3nc4c(C)cccn4c3C)C(=O)C(=O)N2CCCN(C)C)c1. The number of hydrogen-bond acceptors (Lipinski definition) is 6. The minimum absolute atomic E-state index is 0.0534. The Bertz CT molecular complexity index is 1310. The van der Waals surface area contributed by atoms with Crippen LogP contribution in [0.1, 0.15) is 41.9 Å². The van der Waals surface area contributed by atoms with Crippen LogP contribution in [0, 0.1) is 13.8 Å². The normalized spacial score (nSPS) is 17.7. The molecule has 1 atom stereocenters. The van der Waals surface area contributed by atoms with Gasteiger partial charge < -0.3 is 24.0 Å². The van der Waals surface area contributed by atoms with Crippen molar-refractivity contribution < 1.29 is 19.4 Å². The van der Waals surface area contributed by atoms with Crippen molar-refractivity contribution in [3.8, 4) is 5.75 Å². The highest BCUT2D eigenvalue weighted by atomic mass is 16.5. The van der Waals surface area contributed by atoms with Gasteiger partial charge in [-0.15, -0.1) is 0 Å². The molecule has 1 amide bonds. The third-order valence-electron chi connectivity index (χ3n) is 6.34. The Morgan fingerprint density at radius 2 is 1.94 bits per heavy atom. The van der Waals surface area contributed by atoms with Gasteiger partial charge in [0.15, 0.2) is 5.76 Å². The predicted octanol–water partition coefficient (Wildman–Crippen LogP) is 3.72. The first-order valence-corrected chi connectivity index (χ1v) is 11.8. The lowest BCUT2D eigenvalue weighted by atomic mass is 9.96. The summed E-state index contributed by atoms with van der Waals surface area (Å²) in [4.78, 5) is 34.8. The zero-order valence-corrected chi connectivity index (χ0v) is 20.9. The van der Waals surface area contributed by atoms with Crippen LogP contribution in [0.25, 0.3) is 11.4 Å². The van der Waals surface area contributed by atoms with Crippen molar-refractivity contribution in [1.82, 2.24) is 19.2 Å². The van der Waals surface area contributed by atoms with Crippen LogP contribution in [0.4, 0.5) is 0 Å². The molecule has 184 valence electrons. The van der Waals surface area contributed by atoms with Crippen LogP contribution < -0.4 is 4.74 Å². The van der Waals surface area contributed by atoms with E-state index in [-0.39, 0.29) is 11.3 Å². The summed E-state index contributed by atoms with van der Waals surface area (Å²) in [5, 5.41) is 11.5. The van der Waals surface area contributed by atoms with E-state index in [1.54, 1.807) is 4.90 Å². The molecule has 0 radical (unpaired) electrons. The van der Waals surface area contributed by atoms with Gasteiger partial charge in [0.25, 0.3) is 11.7 Å². The van der Waals surface area contributed by atoms with Crippen molar-refractivity contribution in [2.45, 2.75) is 33.2 Å². The molecule has 1 aliphatic heterocycles. The number of aliphatic hydroxyl groups is 1. The molecule has 0 saturated carbocycles. The lowest BCUT2D eigenvalue weighted by Gasteiger charge is -2.26. The molecule has 1 saturated heterocycles. The zero-order valence-electron chi connectivity index (χ0n) is 20.9. The van der Waals surface area contributed by atoms with E-state index in [4.69, 9.17) is 4.74 Å². The summed E-state index contributed by atoms with van der Waals surface area (Å²) in [5.74, 6) is -0.934. The number of aryl methyl sites for hydroxylation is 2. The number of ketones is 1. The Morgan fingerprint density at radius 3 is 2.63 bits per heavy atom. The number of nitrogens with zero attached hydrogens (tertiary/aromatic N) is 4. The standard InChI is InChI=1S/C27H32N4O4/c1-6-35-20-12-7-11-19(16-20)23-21(25(33)27(34)31(23)15-9-13-29(4)5)24(32)22-18(3)30-14-8-10-17(2)26(30)28-22/h7-8,10-12,14,16,23,32H,6,9,13,15H2,1-5H3. The fourth-order valence-corrected chi connectivity index (χ4v) is 4.63. The van der Waals surface area contributed by atoms with Gasteiger partial charge in [-0.2, -0.15) is 0 Å². The van der Waals surface area contributed by atoms with E-state index in [1.165, 1.54) is 0 Å². The van der Waals surface area contributed by atoms with Gasteiger partial charge in [0, 0.05) is 12.7 Å². The number of Topliss-reactive ketones (excluding diaryl/α,β-unsaturated/α-hetero) is 1. The third-order valence-corrected chi connectivity index (χ3v) is 6.34. The summed E-state index contributed by atoms with van der Waals surface area (Å²) >= 11 is 0. The van der Waals surface area contributed by atoms with E-state index in [0.717, 1.165) is 12.1 Å². The van der Waals surface area contributed by atoms with E-state index >= 15 is 0 Å². The van der Waals surface area contributed by atoms with E-state index in [9.17, 15) is 14.7 Å². The van der Waals surface area contributed by atoms with Gasteiger partial charge in [-0.25, -0.2) is 4.98 Å². The maximum atomic E-state index is 13.3. The number of imidazole rings is 1.